The van der Waals surface area contributed by atoms with Gasteiger partial charge in [0.2, 0.25) is 0 Å². The average molecular weight is 298 g/mol. The molecule has 1 saturated carbocycles. The standard InChI is InChI=1S/C17H22N4O/c1-11-4-7-14(8-12(11)2)19-17(22)18-10-15-9-16(13-5-6-13)21(3)20-15/h4,7-9,13H,5-6,10H2,1-3H3,(H2,18,19,22). The van der Waals surface area contributed by atoms with Crippen molar-refractivity contribution < 1.29 is 4.79 Å². The molecule has 1 heterocycles. The van der Waals surface area contributed by atoms with Crippen LogP contribution in [-0.4, -0.2) is 15.8 Å². The monoisotopic (exact) mass is 298 g/mol. The van der Waals surface area contributed by atoms with E-state index in [-0.39, 0.29) is 6.03 Å². The maximum absolute atomic E-state index is 12.0. The fourth-order valence-electron chi connectivity index (χ4n) is 2.56. The lowest BCUT2D eigenvalue weighted by Crippen LogP contribution is -2.28. The van der Waals surface area contributed by atoms with Gasteiger partial charge in [0, 0.05) is 24.3 Å². The van der Waals surface area contributed by atoms with Gasteiger partial charge >= 0.3 is 6.03 Å². The van der Waals surface area contributed by atoms with Crippen LogP contribution in [-0.2, 0) is 13.6 Å². The van der Waals surface area contributed by atoms with E-state index in [4.69, 9.17) is 0 Å². The molecule has 1 aromatic carbocycles. The number of rotatable bonds is 4. The first-order valence-electron chi connectivity index (χ1n) is 7.68. The predicted octanol–water partition coefficient (Wildman–Crippen LogP) is 3.24. The fourth-order valence-corrected chi connectivity index (χ4v) is 2.56. The second-order valence-electron chi connectivity index (χ2n) is 6.07. The molecule has 0 unspecified atom stereocenters. The molecule has 1 aliphatic carbocycles. The SMILES string of the molecule is Cc1ccc(NC(=O)NCc2cc(C3CC3)n(C)n2)cc1C. The fraction of sp³-hybridized carbons (Fsp3) is 0.412. The lowest BCUT2D eigenvalue weighted by atomic mass is 10.1. The van der Waals surface area contributed by atoms with E-state index in [1.54, 1.807) is 0 Å². The number of benzene rings is 1. The Kier molecular flexibility index (Phi) is 3.88. The van der Waals surface area contributed by atoms with Crippen LogP contribution in [0.1, 0.15) is 41.3 Å². The summed E-state index contributed by atoms with van der Waals surface area (Å²) in [5.74, 6) is 0.663. The van der Waals surface area contributed by atoms with E-state index in [1.807, 2.05) is 36.9 Å². The van der Waals surface area contributed by atoms with Crippen LogP contribution in [0.25, 0.3) is 0 Å². The first-order valence-corrected chi connectivity index (χ1v) is 7.68. The molecule has 0 saturated heterocycles. The Balaban J connectivity index is 1.55. The number of amides is 2. The third-order valence-corrected chi connectivity index (χ3v) is 4.16. The molecule has 0 atom stereocenters. The van der Waals surface area contributed by atoms with Crippen molar-refractivity contribution in [3.63, 3.8) is 0 Å². The number of urea groups is 1. The molecule has 22 heavy (non-hydrogen) atoms. The molecule has 1 aromatic heterocycles. The number of aryl methyl sites for hydroxylation is 3. The number of aromatic nitrogens is 2. The van der Waals surface area contributed by atoms with E-state index < -0.39 is 0 Å². The second kappa shape index (κ2) is 5.83. The van der Waals surface area contributed by atoms with E-state index in [0.29, 0.717) is 12.5 Å². The molecule has 1 aliphatic rings. The Hall–Kier alpha value is -2.30. The van der Waals surface area contributed by atoms with E-state index in [2.05, 4.69) is 28.7 Å². The summed E-state index contributed by atoms with van der Waals surface area (Å²) in [4.78, 5) is 12.0. The lowest BCUT2D eigenvalue weighted by Gasteiger charge is -2.08. The minimum absolute atomic E-state index is 0.207. The van der Waals surface area contributed by atoms with E-state index in [1.165, 1.54) is 24.1 Å². The van der Waals surface area contributed by atoms with Crippen LogP contribution in [0.3, 0.4) is 0 Å². The molecule has 0 bridgehead atoms. The van der Waals surface area contributed by atoms with Crippen molar-refractivity contribution in [1.82, 2.24) is 15.1 Å². The van der Waals surface area contributed by atoms with Gasteiger partial charge < -0.3 is 10.6 Å². The number of carbonyl (C=O) groups excluding carboxylic acids is 1. The Labute approximate surface area is 130 Å². The van der Waals surface area contributed by atoms with Gasteiger partial charge in [-0.2, -0.15) is 5.10 Å². The van der Waals surface area contributed by atoms with Crippen LogP contribution in [0.5, 0.6) is 0 Å². The molecule has 2 amide bonds. The molecule has 2 N–H and O–H groups in total. The van der Waals surface area contributed by atoms with Crippen molar-refractivity contribution >= 4 is 11.7 Å². The van der Waals surface area contributed by atoms with E-state index in [0.717, 1.165) is 16.9 Å². The normalized spacial score (nSPS) is 14.0. The molecular weight excluding hydrogens is 276 g/mol. The minimum atomic E-state index is -0.207. The quantitative estimate of drug-likeness (QED) is 0.910. The molecule has 3 rings (SSSR count). The summed E-state index contributed by atoms with van der Waals surface area (Å²) in [5, 5.41) is 10.2. The van der Waals surface area contributed by atoms with Gasteiger partial charge in [0.1, 0.15) is 0 Å². The third kappa shape index (κ3) is 3.30. The first kappa shape index (κ1) is 14.6. The van der Waals surface area contributed by atoms with Gasteiger partial charge in [-0.25, -0.2) is 4.79 Å². The molecule has 116 valence electrons. The van der Waals surface area contributed by atoms with Gasteiger partial charge in [-0.1, -0.05) is 6.07 Å². The van der Waals surface area contributed by atoms with Gasteiger partial charge in [-0.3, -0.25) is 4.68 Å². The topological polar surface area (TPSA) is 59.0 Å². The smallest absolute Gasteiger partial charge is 0.319 e. The second-order valence-corrected chi connectivity index (χ2v) is 6.07. The van der Waals surface area contributed by atoms with Gasteiger partial charge in [0.05, 0.1) is 12.2 Å². The molecular formula is C17H22N4O. The zero-order chi connectivity index (χ0) is 15.7. The van der Waals surface area contributed by atoms with Crippen molar-refractivity contribution in [2.45, 2.75) is 39.2 Å². The molecule has 5 heteroatoms. The highest BCUT2D eigenvalue weighted by molar-refractivity contribution is 5.89. The van der Waals surface area contributed by atoms with Gasteiger partial charge in [0.15, 0.2) is 0 Å². The van der Waals surface area contributed by atoms with Crippen molar-refractivity contribution in [3.8, 4) is 0 Å². The van der Waals surface area contributed by atoms with Crippen molar-refractivity contribution in [2.75, 3.05) is 5.32 Å². The van der Waals surface area contributed by atoms with E-state index >= 15 is 0 Å². The van der Waals surface area contributed by atoms with Crippen LogP contribution in [0.4, 0.5) is 10.5 Å². The highest BCUT2D eigenvalue weighted by Gasteiger charge is 2.27. The zero-order valence-electron chi connectivity index (χ0n) is 13.3. The number of carbonyl (C=O) groups is 1. The number of hydrogen-bond donors (Lipinski definition) is 2. The highest BCUT2D eigenvalue weighted by atomic mass is 16.2. The molecule has 0 spiro atoms. The van der Waals surface area contributed by atoms with Crippen molar-refractivity contribution in [2.24, 2.45) is 7.05 Å². The molecule has 2 aromatic rings. The van der Waals surface area contributed by atoms with Crippen molar-refractivity contribution in [3.05, 3.63) is 46.8 Å². The van der Waals surface area contributed by atoms with Crippen LogP contribution in [0.15, 0.2) is 24.3 Å². The zero-order valence-corrected chi connectivity index (χ0v) is 13.3. The molecule has 5 nitrogen and oxygen atoms in total. The number of nitrogens with one attached hydrogen (secondary N) is 2. The van der Waals surface area contributed by atoms with E-state index in [9.17, 15) is 4.79 Å². The van der Waals surface area contributed by atoms with Crippen LogP contribution in [0, 0.1) is 13.8 Å². The summed E-state index contributed by atoms with van der Waals surface area (Å²) < 4.78 is 1.93. The van der Waals surface area contributed by atoms with Crippen molar-refractivity contribution in [1.29, 1.82) is 0 Å². The van der Waals surface area contributed by atoms with Gasteiger partial charge in [-0.15, -0.1) is 0 Å². The Morgan fingerprint density at radius 1 is 1.27 bits per heavy atom. The summed E-state index contributed by atoms with van der Waals surface area (Å²) in [5.41, 5.74) is 5.36. The highest BCUT2D eigenvalue weighted by Crippen LogP contribution is 2.39. The molecule has 0 radical (unpaired) electrons. The summed E-state index contributed by atoms with van der Waals surface area (Å²) in [6, 6.07) is 7.77. The van der Waals surface area contributed by atoms with Crippen LogP contribution >= 0.6 is 0 Å². The minimum Gasteiger partial charge on any atom is -0.332 e. The Morgan fingerprint density at radius 2 is 2.05 bits per heavy atom. The number of nitrogens with zero attached hydrogens (tertiary/aromatic N) is 2. The maximum Gasteiger partial charge on any atom is 0.319 e. The summed E-state index contributed by atoms with van der Waals surface area (Å²) in [7, 11) is 1.96. The maximum atomic E-state index is 12.0. The average Bonchev–Trinajstić information content (AvgIpc) is 3.24. The van der Waals surface area contributed by atoms with Gasteiger partial charge in [0.25, 0.3) is 0 Å². The Bertz CT molecular complexity index is 701. The summed E-state index contributed by atoms with van der Waals surface area (Å²) in [6.45, 7) is 4.53. The summed E-state index contributed by atoms with van der Waals surface area (Å²) in [6.07, 6.45) is 2.50. The largest absolute Gasteiger partial charge is 0.332 e. The van der Waals surface area contributed by atoms with Gasteiger partial charge in [-0.05, 0) is 56.0 Å². The molecule has 1 fully saturated rings. The summed E-state index contributed by atoms with van der Waals surface area (Å²) >= 11 is 0. The third-order valence-electron chi connectivity index (χ3n) is 4.16. The lowest BCUT2D eigenvalue weighted by molar-refractivity contribution is 0.251. The first-order chi connectivity index (χ1) is 10.5. The predicted molar refractivity (Wildman–Crippen MR) is 87.0 cm³/mol. The molecule has 0 aliphatic heterocycles. The Morgan fingerprint density at radius 3 is 2.73 bits per heavy atom. The van der Waals surface area contributed by atoms with Crippen LogP contribution < -0.4 is 10.6 Å². The number of anilines is 1. The van der Waals surface area contributed by atoms with Crippen LogP contribution in [0.2, 0.25) is 0 Å². The number of hydrogen-bond acceptors (Lipinski definition) is 2.